The molecule has 9 aromatic rings. The van der Waals surface area contributed by atoms with Crippen molar-refractivity contribution >= 4 is 62.1 Å². The van der Waals surface area contributed by atoms with E-state index in [9.17, 15) is 0 Å². The van der Waals surface area contributed by atoms with Gasteiger partial charge in [0.1, 0.15) is 22.7 Å². The van der Waals surface area contributed by atoms with E-state index >= 15 is 0 Å². The number of fused-ring (bicyclic) bond motifs is 7. The van der Waals surface area contributed by atoms with Gasteiger partial charge < -0.3 is 14.1 Å². The Morgan fingerprint density at radius 3 is 1.85 bits per heavy atom. The van der Waals surface area contributed by atoms with Crippen molar-refractivity contribution in [2.45, 2.75) is 131 Å². The number of benzene rings is 8. The van der Waals surface area contributed by atoms with Crippen molar-refractivity contribution in [2.75, 3.05) is 4.90 Å². The van der Waals surface area contributed by atoms with Crippen LogP contribution < -0.4 is 26.0 Å². The van der Waals surface area contributed by atoms with Crippen LogP contribution in [0.5, 0.6) is 11.5 Å². The number of furan rings is 1. The van der Waals surface area contributed by atoms with Gasteiger partial charge in [0, 0.05) is 70.8 Å². The topological polar surface area (TPSA) is 25.6 Å². The molecule has 0 saturated carbocycles. The van der Waals surface area contributed by atoms with Crippen molar-refractivity contribution in [1.82, 2.24) is 0 Å². The molecule has 1 unspecified atom stereocenters. The molecule has 2 aliphatic rings. The van der Waals surface area contributed by atoms with E-state index in [0.29, 0.717) is 38.8 Å². The lowest BCUT2D eigenvalue weighted by molar-refractivity contribution is 0.487. The molecule has 8 aromatic carbocycles. The fourth-order valence-electron chi connectivity index (χ4n) is 10.7. The molecule has 0 aliphatic carbocycles. The second-order valence-electron chi connectivity index (χ2n) is 20.9. The molecule has 11 rings (SSSR count). The van der Waals surface area contributed by atoms with Gasteiger partial charge in [-0.25, -0.2) is 0 Å². The highest BCUT2D eigenvalue weighted by atomic mass is 16.5. The summed E-state index contributed by atoms with van der Waals surface area (Å²) in [5.41, 5.74) is -6.07. The molecule has 0 spiro atoms. The molecule has 3 heterocycles. The highest BCUT2D eigenvalue weighted by Gasteiger charge is 2.43. The smallest absolute Gasteiger partial charge is 0.256 e. The van der Waals surface area contributed by atoms with Gasteiger partial charge >= 0.3 is 0 Å². The fourth-order valence-corrected chi connectivity index (χ4v) is 10.7. The summed E-state index contributed by atoms with van der Waals surface area (Å²) in [5.74, 6) is -1.36. The second-order valence-corrected chi connectivity index (χ2v) is 20.9. The molecule has 0 radical (unpaired) electrons. The number of nitrogens with zero attached hydrogens (tertiary/aromatic N) is 1. The Balaban J connectivity index is 1.27. The lowest BCUT2D eigenvalue weighted by atomic mass is 9.34. The summed E-state index contributed by atoms with van der Waals surface area (Å²) in [7, 11) is 0. The highest BCUT2D eigenvalue weighted by molar-refractivity contribution is 6.99. The van der Waals surface area contributed by atoms with Crippen LogP contribution in [0.3, 0.4) is 0 Å². The Kier molecular flexibility index (Phi) is 5.95. The Labute approximate surface area is 467 Å². The molecule has 3 nitrogen and oxygen atoms in total. The van der Waals surface area contributed by atoms with Gasteiger partial charge in [0.05, 0.1) is 0 Å². The first-order valence-electron chi connectivity index (χ1n) is 37.4. The molecule has 0 amide bonds. The normalized spacial score (nSPS) is 21.2. The summed E-state index contributed by atoms with van der Waals surface area (Å²) in [6.07, 6.45) is 0. The zero-order chi connectivity index (χ0) is 73.5. The third-order valence-electron chi connectivity index (χ3n) is 14.3. The quantitative estimate of drug-likeness (QED) is 0.127. The minimum atomic E-state index is -3.25. The van der Waals surface area contributed by atoms with Crippen molar-refractivity contribution in [1.29, 1.82) is 0 Å². The maximum atomic E-state index is 9.16. The lowest BCUT2D eigenvalue weighted by Crippen LogP contribution is -2.59. The van der Waals surface area contributed by atoms with E-state index in [1.807, 2.05) is 0 Å². The summed E-state index contributed by atoms with van der Waals surface area (Å²) < 4.78 is 251. The van der Waals surface area contributed by atoms with E-state index < -0.39 is 113 Å². The molecule has 2 aliphatic heterocycles. The molecule has 1 atom stereocenters. The summed E-state index contributed by atoms with van der Waals surface area (Å²) in [4.78, 5) is 1.71. The van der Waals surface area contributed by atoms with E-state index in [1.165, 1.54) is 69.3 Å². The first kappa shape index (κ1) is 25.7. The summed E-state index contributed by atoms with van der Waals surface area (Å²) in [5, 5.41) is 0.402. The van der Waals surface area contributed by atoms with E-state index in [0.717, 1.165) is 13.0 Å². The number of hydrogen-bond acceptors (Lipinski definition) is 3. The second kappa shape index (κ2) is 16.6. The van der Waals surface area contributed by atoms with Crippen molar-refractivity contribution in [3.63, 3.8) is 0 Å². The van der Waals surface area contributed by atoms with Crippen LogP contribution in [0.25, 0.3) is 33.1 Å². The monoisotopic (exact) mass is 971 g/mol. The Hall–Kier alpha value is -6.78. The third kappa shape index (κ3) is 8.06. The lowest BCUT2D eigenvalue weighted by Gasteiger charge is -2.41. The van der Waals surface area contributed by atoms with E-state index in [1.54, 1.807) is 110 Å². The predicted molar refractivity (Wildman–Crippen MR) is 308 cm³/mol. The summed E-state index contributed by atoms with van der Waals surface area (Å²) in [6, 6.07) is 37.2. The Bertz CT molecular complexity index is 4640. The number of hydrogen-bond donors (Lipinski definition) is 0. The molecule has 0 fully saturated rings. The molecule has 362 valence electrons. The van der Waals surface area contributed by atoms with Gasteiger partial charge in [0.2, 0.25) is 0 Å². The van der Waals surface area contributed by atoms with Crippen LogP contribution in [-0.4, -0.2) is 6.71 Å². The van der Waals surface area contributed by atoms with Gasteiger partial charge in [-0.2, -0.15) is 0 Å². The fraction of sp³-hybridized carbons (Fsp3) is 0.294. The first-order chi connectivity index (χ1) is 45.1. The van der Waals surface area contributed by atoms with Crippen LogP contribution in [0.15, 0.2) is 150 Å². The minimum Gasteiger partial charge on any atom is -0.458 e. The molecule has 0 bridgehead atoms. The summed E-state index contributed by atoms with van der Waals surface area (Å²) >= 11 is 0. The zero-order valence-corrected chi connectivity index (χ0v) is 40.8. The SMILES string of the molecule is [2H]C([2H])([2H])c1cc2c3c(c1)N(c1ccc(C(C)(C)C([2H])([2H])[2H])cc1)c1cc(C(c4ccc(C(C)(C)C([2H])([2H])[2H])cc4C([2H])([2H])[2H])c4ccc(C(C)(C([2H])([2H])[2H])C([2H])([2H])[2H])cc4C([2H])([2H])[2H])ccc1B3c1cc3oc4cc(-c5ccccc5)cc(C(C)(C([2H])([2H])[2H])C([2H])([2H])[2H])c4c3cc1O2. The van der Waals surface area contributed by atoms with Gasteiger partial charge in [0.15, 0.2) is 0 Å². The van der Waals surface area contributed by atoms with Crippen LogP contribution in [0, 0.1) is 20.6 Å². The van der Waals surface area contributed by atoms with Crippen molar-refractivity contribution in [3.05, 3.63) is 201 Å². The van der Waals surface area contributed by atoms with Gasteiger partial charge in [0.25, 0.3) is 6.71 Å². The van der Waals surface area contributed by atoms with Crippen molar-refractivity contribution in [3.8, 4) is 22.6 Å². The van der Waals surface area contributed by atoms with E-state index in [4.69, 9.17) is 46.2 Å². The average molecular weight is 971 g/mol. The standard InChI is InChI=1S/C68H70BNO2/c1-40-31-57-64-61(32-40)72-59-38-52-58(71-60-37-45(43-19-17-16-18-20-43)35-53(63(52)60)68(13,14)15)39-55(59)69(64)54-30-21-44(36-56(54)70(57)49-26-22-46(23-27-49)65(4,5)6)62(50-28-24-47(33-41(50)2)66(7,8)9)51-29-25-48(34-42(51)3)67(10,11)12/h16-39,62H,1-15H3/i1D3,2D3,3D3,4D3,7D3,8D3,10D3,13D3,14D3. The van der Waals surface area contributed by atoms with Crippen LogP contribution in [0.4, 0.5) is 17.1 Å². The van der Waals surface area contributed by atoms with Gasteiger partial charge in [-0.3, -0.25) is 0 Å². The number of ether oxygens (including phenoxy) is 1. The maximum absolute atomic E-state index is 9.16. The van der Waals surface area contributed by atoms with Crippen LogP contribution in [-0.2, 0) is 21.7 Å². The predicted octanol–water partition coefficient (Wildman–Crippen LogP) is 17.0. The molecular weight excluding hydrogens is 874 g/mol. The van der Waals surface area contributed by atoms with Gasteiger partial charge in [-0.1, -0.05) is 174 Å². The van der Waals surface area contributed by atoms with E-state index in [-0.39, 0.29) is 78.2 Å². The number of aryl methyl sites for hydroxylation is 3. The maximum Gasteiger partial charge on any atom is 0.256 e. The first-order valence-corrected chi connectivity index (χ1v) is 23.9. The van der Waals surface area contributed by atoms with Gasteiger partial charge in [-0.15, -0.1) is 0 Å². The number of anilines is 3. The molecule has 1 aromatic heterocycles. The molecular formula is C68H70BNO2. The van der Waals surface area contributed by atoms with Crippen molar-refractivity contribution < 1.29 is 46.2 Å². The van der Waals surface area contributed by atoms with Gasteiger partial charge in [-0.05, 0) is 180 Å². The molecule has 72 heavy (non-hydrogen) atoms. The van der Waals surface area contributed by atoms with Crippen LogP contribution in [0.2, 0.25) is 0 Å². The Morgan fingerprint density at radius 1 is 0.514 bits per heavy atom. The zero-order valence-electron chi connectivity index (χ0n) is 67.8. The summed E-state index contributed by atoms with van der Waals surface area (Å²) in [6.45, 7) is -19.9. The van der Waals surface area contributed by atoms with Crippen LogP contribution >= 0.6 is 0 Å². The molecule has 4 heteroatoms. The third-order valence-corrected chi connectivity index (χ3v) is 14.3. The molecule has 0 saturated heterocycles. The van der Waals surface area contributed by atoms with Crippen LogP contribution in [0.1, 0.15) is 181 Å². The highest BCUT2D eigenvalue weighted by Crippen LogP contribution is 2.47. The van der Waals surface area contributed by atoms with E-state index in [2.05, 4.69) is 0 Å². The Morgan fingerprint density at radius 2 is 1.18 bits per heavy atom. The molecule has 0 N–H and O–H groups in total. The average Bonchev–Trinajstić information content (AvgIpc) is 1.67. The minimum absolute atomic E-state index is 0.0494. The number of rotatable bonds is 5. The largest absolute Gasteiger partial charge is 0.458 e. The van der Waals surface area contributed by atoms with Crippen molar-refractivity contribution in [2.24, 2.45) is 0 Å².